The monoisotopic (exact) mass is 177 g/mol. The fourth-order valence-electron chi connectivity index (χ4n) is 1.77. The van der Waals surface area contributed by atoms with Crippen molar-refractivity contribution in [2.24, 2.45) is 5.73 Å². The minimum Gasteiger partial charge on any atom is -0.330 e. The number of aromatic nitrogens is 1. The van der Waals surface area contributed by atoms with Gasteiger partial charge in [0.05, 0.1) is 5.69 Å². The van der Waals surface area contributed by atoms with E-state index in [1.807, 2.05) is 6.20 Å². The molecule has 70 valence electrons. The SMILES string of the molecule is CN1Cc2cc(CCN)cnc2C1. The lowest BCUT2D eigenvalue weighted by atomic mass is 10.1. The first-order chi connectivity index (χ1) is 6.29. The molecule has 0 aliphatic carbocycles. The second kappa shape index (κ2) is 3.44. The largest absolute Gasteiger partial charge is 0.330 e. The van der Waals surface area contributed by atoms with Crippen molar-refractivity contribution in [2.75, 3.05) is 13.6 Å². The summed E-state index contributed by atoms with van der Waals surface area (Å²) in [4.78, 5) is 6.70. The molecule has 2 heterocycles. The van der Waals surface area contributed by atoms with Crippen LogP contribution in [0.1, 0.15) is 16.8 Å². The molecule has 0 bridgehead atoms. The lowest BCUT2D eigenvalue weighted by Gasteiger charge is -2.02. The lowest BCUT2D eigenvalue weighted by molar-refractivity contribution is 0.351. The number of fused-ring (bicyclic) bond motifs is 1. The van der Waals surface area contributed by atoms with Crippen molar-refractivity contribution in [3.8, 4) is 0 Å². The molecule has 1 aromatic rings. The van der Waals surface area contributed by atoms with E-state index in [-0.39, 0.29) is 0 Å². The van der Waals surface area contributed by atoms with Crippen LogP contribution in [0.5, 0.6) is 0 Å². The third-order valence-electron chi connectivity index (χ3n) is 2.41. The Balaban J connectivity index is 2.24. The lowest BCUT2D eigenvalue weighted by Crippen LogP contribution is -2.07. The smallest absolute Gasteiger partial charge is 0.0589 e. The fraction of sp³-hybridized carbons (Fsp3) is 0.500. The molecule has 1 aliphatic heterocycles. The number of rotatable bonds is 2. The summed E-state index contributed by atoms with van der Waals surface area (Å²) < 4.78 is 0. The molecule has 0 spiro atoms. The minimum absolute atomic E-state index is 0.705. The van der Waals surface area contributed by atoms with Gasteiger partial charge in [-0.15, -0.1) is 0 Å². The molecule has 1 aromatic heterocycles. The molecule has 0 radical (unpaired) electrons. The van der Waals surface area contributed by atoms with Crippen molar-refractivity contribution in [2.45, 2.75) is 19.5 Å². The molecule has 3 nitrogen and oxygen atoms in total. The number of hydrogen-bond donors (Lipinski definition) is 1. The van der Waals surface area contributed by atoms with Gasteiger partial charge < -0.3 is 5.73 Å². The number of nitrogens with zero attached hydrogens (tertiary/aromatic N) is 2. The van der Waals surface area contributed by atoms with E-state index >= 15 is 0 Å². The molecule has 2 N–H and O–H groups in total. The molecule has 0 saturated heterocycles. The Hall–Kier alpha value is -0.930. The van der Waals surface area contributed by atoms with Crippen LogP contribution in [0.25, 0.3) is 0 Å². The standard InChI is InChI=1S/C10H15N3/c1-13-6-9-4-8(2-3-11)5-12-10(9)7-13/h4-5H,2-3,6-7,11H2,1H3. The van der Waals surface area contributed by atoms with Gasteiger partial charge in [0.1, 0.15) is 0 Å². The number of pyridine rings is 1. The zero-order chi connectivity index (χ0) is 9.26. The van der Waals surface area contributed by atoms with E-state index in [2.05, 4.69) is 23.0 Å². The first-order valence-corrected chi connectivity index (χ1v) is 4.65. The van der Waals surface area contributed by atoms with Crippen molar-refractivity contribution in [3.05, 3.63) is 29.1 Å². The number of hydrogen-bond acceptors (Lipinski definition) is 3. The molecule has 0 fully saturated rings. The zero-order valence-electron chi connectivity index (χ0n) is 7.95. The Labute approximate surface area is 78.6 Å². The van der Waals surface area contributed by atoms with Crippen LogP contribution in [0, 0.1) is 0 Å². The van der Waals surface area contributed by atoms with Gasteiger partial charge in [-0.25, -0.2) is 0 Å². The van der Waals surface area contributed by atoms with Crippen LogP contribution in [0.3, 0.4) is 0 Å². The number of nitrogens with two attached hydrogens (primary N) is 1. The van der Waals surface area contributed by atoms with Gasteiger partial charge in [0.2, 0.25) is 0 Å². The average Bonchev–Trinajstić information content (AvgIpc) is 2.44. The molecular formula is C10H15N3. The van der Waals surface area contributed by atoms with Gasteiger partial charge in [0, 0.05) is 19.3 Å². The molecule has 0 unspecified atom stereocenters. The summed E-state index contributed by atoms with van der Waals surface area (Å²) in [7, 11) is 2.12. The first-order valence-electron chi connectivity index (χ1n) is 4.65. The molecule has 0 saturated carbocycles. The van der Waals surface area contributed by atoms with Gasteiger partial charge in [0.25, 0.3) is 0 Å². The molecule has 3 heteroatoms. The maximum absolute atomic E-state index is 5.49. The van der Waals surface area contributed by atoms with Crippen molar-refractivity contribution in [3.63, 3.8) is 0 Å². The highest BCUT2D eigenvalue weighted by molar-refractivity contribution is 5.28. The molecule has 1 aliphatic rings. The highest BCUT2D eigenvalue weighted by Crippen LogP contribution is 2.19. The average molecular weight is 177 g/mol. The molecular weight excluding hydrogens is 162 g/mol. The topological polar surface area (TPSA) is 42.1 Å². The summed E-state index contributed by atoms with van der Waals surface area (Å²) in [6.45, 7) is 2.72. The first kappa shape index (κ1) is 8.66. The van der Waals surface area contributed by atoms with Crippen LogP contribution in [-0.4, -0.2) is 23.5 Å². The zero-order valence-corrected chi connectivity index (χ0v) is 7.95. The third kappa shape index (κ3) is 1.71. The van der Waals surface area contributed by atoms with Crippen LogP contribution in [0.4, 0.5) is 0 Å². The maximum atomic E-state index is 5.49. The van der Waals surface area contributed by atoms with Crippen LogP contribution in [0.15, 0.2) is 12.3 Å². The van der Waals surface area contributed by atoms with Crippen LogP contribution >= 0.6 is 0 Å². The normalized spacial score (nSPS) is 16.2. The van der Waals surface area contributed by atoms with E-state index in [4.69, 9.17) is 5.73 Å². The second-order valence-electron chi connectivity index (χ2n) is 3.66. The Bertz CT molecular complexity index is 309. The van der Waals surface area contributed by atoms with Gasteiger partial charge >= 0.3 is 0 Å². The maximum Gasteiger partial charge on any atom is 0.0589 e. The van der Waals surface area contributed by atoms with E-state index in [1.165, 1.54) is 16.8 Å². The third-order valence-corrected chi connectivity index (χ3v) is 2.41. The summed E-state index contributed by atoms with van der Waals surface area (Å²) in [5, 5.41) is 0. The quantitative estimate of drug-likeness (QED) is 0.716. The van der Waals surface area contributed by atoms with Crippen molar-refractivity contribution in [1.29, 1.82) is 0 Å². The van der Waals surface area contributed by atoms with Crippen LogP contribution in [-0.2, 0) is 19.5 Å². The Morgan fingerprint density at radius 2 is 2.38 bits per heavy atom. The van der Waals surface area contributed by atoms with E-state index in [9.17, 15) is 0 Å². The highest BCUT2D eigenvalue weighted by atomic mass is 15.1. The van der Waals surface area contributed by atoms with E-state index in [0.29, 0.717) is 6.54 Å². The molecule has 2 rings (SSSR count). The predicted octanol–water partition coefficient (Wildman–Crippen LogP) is 0.528. The molecule has 0 amide bonds. The summed E-state index contributed by atoms with van der Waals surface area (Å²) in [6, 6.07) is 2.23. The second-order valence-corrected chi connectivity index (χ2v) is 3.66. The van der Waals surface area contributed by atoms with Crippen LogP contribution in [0.2, 0.25) is 0 Å². The summed E-state index contributed by atoms with van der Waals surface area (Å²) in [5.41, 5.74) is 9.35. The van der Waals surface area contributed by atoms with Crippen molar-refractivity contribution < 1.29 is 0 Å². The van der Waals surface area contributed by atoms with Gasteiger partial charge in [-0.1, -0.05) is 6.07 Å². The Kier molecular flexibility index (Phi) is 2.29. The van der Waals surface area contributed by atoms with Gasteiger partial charge in [-0.05, 0) is 31.1 Å². The highest BCUT2D eigenvalue weighted by Gasteiger charge is 2.16. The predicted molar refractivity (Wildman–Crippen MR) is 52.2 cm³/mol. The van der Waals surface area contributed by atoms with Crippen molar-refractivity contribution >= 4 is 0 Å². The molecule has 0 atom stereocenters. The Morgan fingerprint density at radius 3 is 3.15 bits per heavy atom. The van der Waals surface area contributed by atoms with Gasteiger partial charge in [0.15, 0.2) is 0 Å². The van der Waals surface area contributed by atoms with Crippen molar-refractivity contribution in [1.82, 2.24) is 9.88 Å². The van der Waals surface area contributed by atoms with Crippen LogP contribution < -0.4 is 5.73 Å². The minimum atomic E-state index is 0.705. The summed E-state index contributed by atoms with van der Waals surface area (Å²) >= 11 is 0. The molecule has 13 heavy (non-hydrogen) atoms. The summed E-state index contributed by atoms with van der Waals surface area (Å²) in [5.74, 6) is 0. The molecule has 0 aromatic carbocycles. The Morgan fingerprint density at radius 1 is 1.54 bits per heavy atom. The van der Waals surface area contributed by atoms with E-state index < -0.39 is 0 Å². The van der Waals surface area contributed by atoms with E-state index in [1.54, 1.807) is 0 Å². The van der Waals surface area contributed by atoms with E-state index in [0.717, 1.165) is 19.5 Å². The fourth-order valence-corrected chi connectivity index (χ4v) is 1.77. The van der Waals surface area contributed by atoms with Gasteiger partial charge in [-0.3, -0.25) is 9.88 Å². The van der Waals surface area contributed by atoms with Gasteiger partial charge in [-0.2, -0.15) is 0 Å². The summed E-state index contributed by atoms with van der Waals surface area (Å²) in [6.07, 6.45) is 2.88.